The zero-order valence-corrected chi connectivity index (χ0v) is 11.3. The molecule has 1 rings (SSSR count). The minimum Gasteiger partial charge on any atom is -0.343 e. The van der Waals surface area contributed by atoms with Crippen LogP contribution < -0.4 is 5.32 Å². The van der Waals surface area contributed by atoms with Crippen LogP contribution in [0.3, 0.4) is 0 Å². The summed E-state index contributed by atoms with van der Waals surface area (Å²) in [5.41, 5.74) is 0. The third-order valence-corrected chi connectivity index (χ3v) is 3.93. The highest BCUT2D eigenvalue weighted by Gasteiger charge is 2.28. The Kier molecular flexibility index (Phi) is 4.78. The van der Waals surface area contributed by atoms with Crippen LogP contribution in [0.2, 0.25) is 0 Å². The van der Waals surface area contributed by atoms with E-state index >= 15 is 0 Å². The summed E-state index contributed by atoms with van der Waals surface area (Å²) >= 11 is 0. The second-order valence-electron chi connectivity index (χ2n) is 5.52. The predicted molar refractivity (Wildman–Crippen MR) is 67.3 cm³/mol. The predicted octanol–water partition coefficient (Wildman–Crippen LogP) is 1.88. The lowest BCUT2D eigenvalue weighted by molar-refractivity contribution is -0.137. The lowest BCUT2D eigenvalue weighted by Crippen LogP contribution is -2.47. The van der Waals surface area contributed by atoms with Crippen LogP contribution in [-0.4, -0.2) is 36.5 Å². The number of carbonyl (C=O) groups is 1. The van der Waals surface area contributed by atoms with Gasteiger partial charge in [-0.15, -0.1) is 0 Å². The van der Waals surface area contributed by atoms with Crippen molar-refractivity contribution >= 4 is 5.91 Å². The standard InChI is InChI=1S/C13H26N2O/c1-9(2)11(4)15(5)13(16)12-7-6-10(3)14-8-12/h9-12,14H,6-8H2,1-5H3. The van der Waals surface area contributed by atoms with E-state index in [-0.39, 0.29) is 5.92 Å². The van der Waals surface area contributed by atoms with Crippen LogP contribution in [-0.2, 0) is 4.79 Å². The van der Waals surface area contributed by atoms with Gasteiger partial charge in [0.1, 0.15) is 0 Å². The first-order valence-electron chi connectivity index (χ1n) is 6.43. The molecule has 0 saturated carbocycles. The van der Waals surface area contributed by atoms with Crippen molar-refractivity contribution in [2.75, 3.05) is 13.6 Å². The molecule has 94 valence electrons. The summed E-state index contributed by atoms with van der Waals surface area (Å²) in [5.74, 6) is 1.01. The first kappa shape index (κ1) is 13.5. The van der Waals surface area contributed by atoms with Crippen LogP contribution in [0.15, 0.2) is 0 Å². The quantitative estimate of drug-likeness (QED) is 0.797. The summed E-state index contributed by atoms with van der Waals surface area (Å²) in [7, 11) is 1.94. The van der Waals surface area contributed by atoms with Gasteiger partial charge in [-0.1, -0.05) is 13.8 Å². The summed E-state index contributed by atoms with van der Waals surface area (Å²) in [6, 6.07) is 0.892. The Balaban J connectivity index is 2.50. The van der Waals surface area contributed by atoms with Crippen molar-refractivity contribution in [3.63, 3.8) is 0 Å². The van der Waals surface area contributed by atoms with Crippen molar-refractivity contribution in [3.8, 4) is 0 Å². The molecule has 16 heavy (non-hydrogen) atoms. The maximum absolute atomic E-state index is 12.2. The Morgan fingerprint density at radius 2 is 1.94 bits per heavy atom. The third kappa shape index (κ3) is 3.21. The van der Waals surface area contributed by atoms with Gasteiger partial charge in [-0.25, -0.2) is 0 Å². The summed E-state index contributed by atoms with van der Waals surface area (Å²) in [6.07, 6.45) is 2.14. The molecule has 0 bridgehead atoms. The van der Waals surface area contributed by atoms with Gasteiger partial charge in [0.2, 0.25) is 5.91 Å². The van der Waals surface area contributed by atoms with Gasteiger partial charge in [0.15, 0.2) is 0 Å². The van der Waals surface area contributed by atoms with Crippen LogP contribution in [0.5, 0.6) is 0 Å². The number of nitrogens with one attached hydrogen (secondary N) is 1. The van der Waals surface area contributed by atoms with Crippen LogP contribution in [0.4, 0.5) is 0 Å². The number of amides is 1. The Morgan fingerprint density at radius 3 is 2.38 bits per heavy atom. The SMILES string of the molecule is CC1CCC(C(=O)N(C)C(C)C(C)C)CN1. The van der Waals surface area contributed by atoms with E-state index in [9.17, 15) is 4.79 Å². The average molecular weight is 226 g/mol. The second-order valence-corrected chi connectivity index (χ2v) is 5.52. The monoisotopic (exact) mass is 226 g/mol. The molecule has 0 radical (unpaired) electrons. The number of rotatable bonds is 3. The normalized spacial score (nSPS) is 27.9. The summed E-state index contributed by atoms with van der Waals surface area (Å²) in [5, 5.41) is 3.39. The molecule has 1 heterocycles. The first-order chi connectivity index (χ1) is 7.43. The maximum atomic E-state index is 12.2. The van der Waals surface area contributed by atoms with Crippen molar-refractivity contribution in [2.45, 2.75) is 52.6 Å². The molecule has 0 aromatic heterocycles. The lowest BCUT2D eigenvalue weighted by atomic mass is 9.93. The van der Waals surface area contributed by atoms with Crippen molar-refractivity contribution < 1.29 is 4.79 Å². The summed E-state index contributed by atoms with van der Waals surface area (Å²) < 4.78 is 0. The molecule has 3 nitrogen and oxygen atoms in total. The van der Waals surface area contributed by atoms with E-state index < -0.39 is 0 Å². The first-order valence-corrected chi connectivity index (χ1v) is 6.43. The molecule has 0 aromatic rings. The van der Waals surface area contributed by atoms with Crippen molar-refractivity contribution in [3.05, 3.63) is 0 Å². The summed E-state index contributed by atoms with van der Waals surface area (Å²) in [4.78, 5) is 14.2. The highest BCUT2D eigenvalue weighted by Crippen LogP contribution is 2.19. The molecule has 1 N–H and O–H groups in total. The van der Waals surface area contributed by atoms with Gasteiger partial charge in [0, 0.05) is 25.7 Å². The van der Waals surface area contributed by atoms with E-state index in [2.05, 4.69) is 33.0 Å². The van der Waals surface area contributed by atoms with E-state index in [0.717, 1.165) is 19.4 Å². The van der Waals surface area contributed by atoms with E-state index in [1.807, 2.05) is 11.9 Å². The zero-order chi connectivity index (χ0) is 12.3. The van der Waals surface area contributed by atoms with Gasteiger partial charge in [-0.3, -0.25) is 4.79 Å². The van der Waals surface area contributed by atoms with Crippen LogP contribution >= 0.6 is 0 Å². The molecule has 1 aliphatic heterocycles. The van der Waals surface area contributed by atoms with Crippen LogP contribution in [0, 0.1) is 11.8 Å². The Labute approximate surface area is 99.6 Å². The molecule has 3 unspecified atom stereocenters. The Bertz CT molecular complexity index is 232. The highest BCUT2D eigenvalue weighted by atomic mass is 16.2. The lowest BCUT2D eigenvalue weighted by Gasteiger charge is -2.34. The molecule has 0 aromatic carbocycles. The topological polar surface area (TPSA) is 32.3 Å². The van der Waals surface area contributed by atoms with E-state index in [1.165, 1.54) is 0 Å². The number of carbonyl (C=O) groups excluding carboxylic acids is 1. The van der Waals surface area contributed by atoms with E-state index in [4.69, 9.17) is 0 Å². The van der Waals surface area contributed by atoms with Gasteiger partial charge in [0.05, 0.1) is 5.92 Å². The zero-order valence-electron chi connectivity index (χ0n) is 11.3. The Morgan fingerprint density at radius 1 is 1.31 bits per heavy atom. The molecule has 1 fully saturated rings. The fraction of sp³-hybridized carbons (Fsp3) is 0.923. The maximum Gasteiger partial charge on any atom is 0.226 e. The smallest absolute Gasteiger partial charge is 0.226 e. The van der Waals surface area contributed by atoms with Crippen LogP contribution in [0.1, 0.15) is 40.5 Å². The molecule has 3 atom stereocenters. The van der Waals surface area contributed by atoms with Crippen molar-refractivity contribution in [1.29, 1.82) is 0 Å². The minimum atomic E-state index is 0.183. The molecular weight excluding hydrogens is 200 g/mol. The molecular formula is C13H26N2O. The fourth-order valence-electron chi connectivity index (χ4n) is 2.15. The summed E-state index contributed by atoms with van der Waals surface area (Å²) in [6.45, 7) is 9.48. The van der Waals surface area contributed by atoms with Gasteiger partial charge < -0.3 is 10.2 Å². The van der Waals surface area contributed by atoms with Crippen molar-refractivity contribution in [2.24, 2.45) is 11.8 Å². The van der Waals surface area contributed by atoms with E-state index in [0.29, 0.717) is 23.9 Å². The molecule has 1 aliphatic rings. The van der Waals surface area contributed by atoms with Crippen molar-refractivity contribution in [1.82, 2.24) is 10.2 Å². The van der Waals surface area contributed by atoms with Gasteiger partial charge >= 0.3 is 0 Å². The largest absolute Gasteiger partial charge is 0.343 e. The van der Waals surface area contributed by atoms with Gasteiger partial charge in [-0.05, 0) is 32.6 Å². The number of hydrogen-bond acceptors (Lipinski definition) is 2. The molecule has 3 heteroatoms. The Hall–Kier alpha value is -0.570. The molecule has 0 aliphatic carbocycles. The number of hydrogen-bond donors (Lipinski definition) is 1. The average Bonchev–Trinajstić information content (AvgIpc) is 2.27. The number of piperidine rings is 1. The molecule has 0 spiro atoms. The van der Waals surface area contributed by atoms with Gasteiger partial charge in [0.25, 0.3) is 0 Å². The minimum absolute atomic E-state index is 0.183. The van der Waals surface area contributed by atoms with Crippen LogP contribution in [0.25, 0.3) is 0 Å². The molecule has 1 amide bonds. The van der Waals surface area contributed by atoms with Gasteiger partial charge in [-0.2, -0.15) is 0 Å². The fourth-order valence-corrected chi connectivity index (χ4v) is 2.15. The number of nitrogens with zero attached hydrogens (tertiary/aromatic N) is 1. The van der Waals surface area contributed by atoms with E-state index in [1.54, 1.807) is 0 Å². The second kappa shape index (κ2) is 5.67. The third-order valence-electron chi connectivity index (χ3n) is 3.93. The molecule has 1 saturated heterocycles. The highest BCUT2D eigenvalue weighted by molar-refractivity contribution is 5.79.